The molecule has 0 aliphatic heterocycles. The number of pyridine rings is 1. The molecule has 4 aliphatic rings. The summed E-state index contributed by atoms with van der Waals surface area (Å²) >= 11 is 6.19. The highest BCUT2D eigenvalue weighted by Gasteiger charge is 2.59. The zero-order valence-corrected chi connectivity index (χ0v) is 17.6. The van der Waals surface area contributed by atoms with Crippen LogP contribution < -0.4 is 5.32 Å². The molecule has 2 nitrogen and oxygen atoms in total. The van der Waals surface area contributed by atoms with Crippen LogP contribution in [0.5, 0.6) is 0 Å². The van der Waals surface area contributed by atoms with Gasteiger partial charge in [0.05, 0.1) is 0 Å². The number of benzene rings is 1. The van der Waals surface area contributed by atoms with E-state index in [0.29, 0.717) is 16.9 Å². The molecule has 6 rings (SSSR count). The Hall–Kier alpha value is -1.38. The Morgan fingerprint density at radius 2 is 1.71 bits per heavy atom. The largest absolute Gasteiger partial charge is 0.313 e. The quantitative estimate of drug-likeness (QED) is 0.670. The van der Waals surface area contributed by atoms with E-state index in [4.69, 9.17) is 11.6 Å². The third kappa shape index (κ3) is 3.29. The van der Waals surface area contributed by atoms with Gasteiger partial charge in [-0.2, -0.15) is 0 Å². The van der Waals surface area contributed by atoms with Crippen LogP contribution in [0.25, 0.3) is 0 Å². The number of aromatic nitrogens is 1. The molecule has 1 aromatic carbocycles. The molecule has 4 aliphatic carbocycles. The molecule has 1 heterocycles. The first-order chi connectivity index (χ1) is 13.6. The highest BCUT2D eigenvalue weighted by atomic mass is 35.5. The Labute approximate surface area is 174 Å². The van der Waals surface area contributed by atoms with Gasteiger partial charge in [0.15, 0.2) is 0 Å². The summed E-state index contributed by atoms with van der Waals surface area (Å²) in [7, 11) is 0. The number of halogens is 1. The lowest BCUT2D eigenvalue weighted by Gasteiger charge is -2.64. The Kier molecular flexibility index (Phi) is 4.76. The summed E-state index contributed by atoms with van der Waals surface area (Å²) < 4.78 is 0. The average molecular weight is 395 g/mol. The van der Waals surface area contributed by atoms with Crippen LogP contribution in [0, 0.1) is 17.3 Å². The van der Waals surface area contributed by atoms with Gasteiger partial charge in [-0.25, -0.2) is 0 Å². The molecule has 0 spiro atoms. The molecule has 4 saturated carbocycles. The smallest absolute Gasteiger partial charge is 0.0406 e. The molecule has 0 saturated heterocycles. The lowest BCUT2D eigenvalue weighted by atomic mass is 9.41. The maximum atomic E-state index is 6.19. The predicted octanol–water partition coefficient (Wildman–Crippen LogP) is 5.79. The van der Waals surface area contributed by atoms with Crippen molar-refractivity contribution in [1.82, 2.24) is 10.3 Å². The lowest BCUT2D eigenvalue weighted by Crippen LogP contribution is -2.60. The fraction of sp³-hybridized carbons (Fsp3) is 0.560. The highest BCUT2D eigenvalue weighted by Crippen LogP contribution is 2.66. The minimum Gasteiger partial charge on any atom is -0.313 e. The van der Waals surface area contributed by atoms with Crippen molar-refractivity contribution in [2.24, 2.45) is 17.3 Å². The van der Waals surface area contributed by atoms with E-state index in [9.17, 15) is 0 Å². The van der Waals surface area contributed by atoms with E-state index in [0.717, 1.165) is 29.8 Å². The highest BCUT2D eigenvalue weighted by molar-refractivity contribution is 6.30. The topological polar surface area (TPSA) is 24.9 Å². The van der Waals surface area contributed by atoms with Crippen molar-refractivity contribution >= 4 is 11.6 Å². The Bertz CT molecular complexity index is 802. The van der Waals surface area contributed by atoms with Crippen molar-refractivity contribution in [1.29, 1.82) is 0 Å². The van der Waals surface area contributed by atoms with E-state index in [1.807, 2.05) is 12.4 Å². The molecule has 4 fully saturated rings. The van der Waals surface area contributed by atoms with E-state index in [1.54, 1.807) is 5.56 Å². The van der Waals surface area contributed by atoms with Crippen LogP contribution in [-0.4, -0.2) is 17.6 Å². The van der Waals surface area contributed by atoms with Crippen molar-refractivity contribution < 1.29 is 0 Å². The zero-order valence-electron chi connectivity index (χ0n) is 16.8. The van der Waals surface area contributed by atoms with Gasteiger partial charge < -0.3 is 5.32 Å². The first-order valence-electron chi connectivity index (χ1n) is 11.0. The monoisotopic (exact) mass is 394 g/mol. The first kappa shape index (κ1) is 18.6. The molecule has 4 bridgehead atoms. The summed E-state index contributed by atoms with van der Waals surface area (Å²) in [6.45, 7) is 3.51. The van der Waals surface area contributed by atoms with Crippen LogP contribution in [0.2, 0.25) is 5.02 Å². The molecule has 28 heavy (non-hydrogen) atoms. The van der Waals surface area contributed by atoms with Gasteiger partial charge in [-0.1, -0.05) is 23.7 Å². The van der Waals surface area contributed by atoms with Crippen LogP contribution in [0.3, 0.4) is 0 Å². The van der Waals surface area contributed by atoms with E-state index >= 15 is 0 Å². The second-order valence-corrected chi connectivity index (χ2v) is 10.3. The summed E-state index contributed by atoms with van der Waals surface area (Å²) in [5.41, 5.74) is 3.76. The van der Waals surface area contributed by atoms with Gasteiger partial charge in [0.2, 0.25) is 0 Å². The molecule has 3 unspecified atom stereocenters. The van der Waals surface area contributed by atoms with Crippen LogP contribution in [-0.2, 0) is 11.8 Å². The number of hydrogen-bond donors (Lipinski definition) is 1. The maximum absolute atomic E-state index is 6.19. The molecular formula is C25H31ClN2. The zero-order chi connectivity index (χ0) is 19.2. The minimum absolute atomic E-state index is 0.385. The van der Waals surface area contributed by atoms with Crippen molar-refractivity contribution in [2.45, 2.75) is 63.3 Å². The molecule has 1 N–H and O–H groups in total. The van der Waals surface area contributed by atoms with Crippen molar-refractivity contribution in [3.05, 3.63) is 64.9 Å². The van der Waals surface area contributed by atoms with E-state index < -0.39 is 0 Å². The minimum atomic E-state index is 0.385. The predicted molar refractivity (Wildman–Crippen MR) is 116 cm³/mol. The summed E-state index contributed by atoms with van der Waals surface area (Å²) in [6, 6.07) is 13.7. The van der Waals surface area contributed by atoms with Crippen LogP contribution in [0.15, 0.2) is 48.8 Å². The van der Waals surface area contributed by atoms with E-state index in [1.165, 1.54) is 44.1 Å². The van der Waals surface area contributed by atoms with Crippen LogP contribution in [0.4, 0.5) is 0 Å². The molecule has 3 atom stereocenters. The van der Waals surface area contributed by atoms with Gasteiger partial charge in [0, 0.05) is 23.5 Å². The fourth-order valence-corrected chi connectivity index (χ4v) is 7.31. The Balaban J connectivity index is 1.33. The Morgan fingerprint density at radius 1 is 1.04 bits per heavy atom. The normalized spacial score (nSPS) is 34.5. The number of hydrogen-bond acceptors (Lipinski definition) is 2. The standard InChI is InChI=1S/C25H31ClN2/c1-18(28-11-8-19-6-9-27-10-7-19)24-13-20-12-21(14-24)16-25(15-20,17-24)22-2-4-23(26)5-3-22/h2-7,9-10,18,20-21,28H,8,11-17H2,1H3. The SMILES string of the molecule is CC(NCCc1ccncc1)C12CC3CC(CC(c4ccc(Cl)cc4)(C3)C1)C2. The van der Waals surface area contributed by atoms with Crippen molar-refractivity contribution in [2.75, 3.05) is 6.54 Å². The van der Waals surface area contributed by atoms with Gasteiger partial charge in [-0.15, -0.1) is 0 Å². The summed E-state index contributed by atoms with van der Waals surface area (Å²) in [6.07, 6.45) is 13.3. The van der Waals surface area contributed by atoms with E-state index in [-0.39, 0.29) is 0 Å². The first-order valence-corrected chi connectivity index (χ1v) is 11.3. The van der Waals surface area contributed by atoms with Gasteiger partial charge in [0.1, 0.15) is 0 Å². The molecule has 148 valence electrons. The van der Waals surface area contributed by atoms with Crippen LogP contribution >= 0.6 is 11.6 Å². The number of rotatable bonds is 6. The van der Waals surface area contributed by atoms with Crippen molar-refractivity contribution in [3.8, 4) is 0 Å². The Morgan fingerprint density at radius 3 is 2.39 bits per heavy atom. The summed E-state index contributed by atoms with van der Waals surface area (Å²) in [5.74, 6) is 1.81. The van der Waals surface area contributed by atoms with Crippen LogP contribution in [0.1, 0.15) is 56.6 Å². The molecule has 2 aromatic rings. The second-order valence-electron chi connectivity index (χ2n) is 9.89. The molecule has 1 aromatic heterocycles. The lowest BCUT2D eigenvalue weighted by molar-refractivity contribution is -0.0879. The summed E-state index contributed by atoms with van der Waals surface area (Å²) in [5, 5.41) is 4.78. The summed E-state index contributed by atoms with van der Waals surface area (Å²) in [4.78, 5) is 4.13. The van der Waals surface area contributed by atoms with E-state index in [2.05, 4.69) is 53.6 Å². The number of nitrogens with one attached hydrogen (secondary N) is 1. The maximum Gasteiger partial charge on any atom is 0.0406 e. The third-order valence-electron chi connectivity index (χ3n) is 8.10. The van der Waals surface area contributed by atoms with Gasteiger partial charge in [-0.05, 0) is 116 Å². The number of nitrogens with zero attached hydrogens (tertiary/aromatic N) is 1. The van der Waals surface area contributed by atoms with Gasteiger partial charge in [0.25, 0.3) is 0 Å². The molecule has 0 radical (unpaired) electrons. The second kappa shape index (κ2) is 7.15. The third-order valence-corrected chi connectivity index (χ3v) is 8.35. The average Bonchev–Trinajstić information content (AvgIpc) is 2.68. The van der Waals surface area contributed by atoms with Gasteiger partial charge in [-0.3, -0.25) is 4.98 Å². The molecule has 0 amide bonds. The van der Waals surface area contributed by atoms with Crippen molar-refractivity contribution in [3.63, 3.8) is 0 Å². The molecular weight excluding hydrogens is 364 g/mol. The van der Waals surface area contributed by atoms with Gasteiger partial charge >= 0.3 is 0 Å². The molecule has 3 heteroatoms. The fourth-order valence-electron chi connectivity index (χ4n) is 7.18.